The van der Waals surface area contributed by atoms with Crippen LogP contribution in [0.1, 0.15) is 32.6 Å². The number of carboxylic acid groups (broad SMARTS) is 1. The molecule has 0 unspecified atom stereocenters. The Bertz CT molecular complexity index is 672. The number of hydrogen-bond acceptors (Lipinski definition) is 5. The lowest BCUT2D eigenvalue weighted by atomic mass is 10.1. The number of carboxylic acids is 1. The van der Waals surface area contributed by atoms with Gasteiger partial charge in [-0.1, -0.05) is 11.4 Å². The average Bonchev–Trinajstić information content (AvgIpc) is 2.86. The number of aromatic nitrogens is 2. The summed E-state index contributed by atoms with van der Waals surface area (Å²) >= 11 is 0.906. The van der Waals surface area contributed by atoms with Crippen molar-refractivity contribution in [2.24, 2.45) is 0 Å². The van der Waals surface area contributed by atoms with Crippen molar-refractivity contribution in [2.45, 2.75) is 13.3 Å². The first-order valence-corrected chi connectivity index (χ1v) is 6.45. The van der Waals surface area contributed by atoms with Gasteiger partial charge in [-0.25, -0.2) is 9.18 Å². The standard InChI is InChI=1S/C12H10FN3O3S/c1-2-8-10(20-16-15-8)11(17)14-9-5-6(13)3-4-7(9)12(18)19/h3-5H,2H2,1H3,(H,14,17)(H,18,19). The molecule has 0 aliphatic carbocycles. The van der Waals surface area contributed by atoms with Gasteiger partial charge in [0.25, 0.3) is 5.91 Å². The quantitative estimate of drug-likeness (QED) is 0.902. The minimum atomic E-state index is -1.25. The summed E-state index contributed by atoms with van der Waals surface area (Å²) < 4.78 is 16.9. The highest BCUT2D eigenvalue weighted by Gasteiger charge is 2.18. The summed E-state index contributed by atoms with van der Waals surface area (Å²) in [5.74, 6) is -2.44. The third-order valence-electron chi connectivity index (χ3n) is 2.56. The molecule has 0 saturated carbocycles. The number of amides is 1. The van der Waals surface area contributed by atoms with Gasteiger partial charge in [-0.15, -0.1) is 5.10 Å². The van der Waals surface area contributed by atoms with E-state index in [0.29, 0.717) is 12.1 Å². The molecular formula is C12H10FN3O3S. The fraction of sp³-hybridized carbons (Fsp3) is 0.167. The number of nitrogens with zero attached hydrogens (tertiary/aromatic N) is 2. The number of aryl methyl sites for hydroxylation is 1. The summed E-state index contributed by atoms with van der Waals surface area (Å²) in [6.07, 6.45) is 0.522. The van der Waals surface area contributed by atoms with E-state index in [0.717, 1.165) is 29.7 Å². The van der Waals surface area contributed by atoms with Crippen molar-refractivity contribution in [1.29, 1.82) is 0 Å². The number of benzene rings is 1. The number of carbonyl (C=O) groups is 2. The minimum absolute atomic E-state index is 0.0991. The van der Waals surface area contributed by atoms with Gasteiger partial charge in [0.2, 0.25) is 0 Å². The van der Waals surface area contributed by atoms with Crippen LogP contribution in [0.25, 0.3) is 0 Å². The van der Waals surface area contributed by atoms with Crippen LogP contribution in [-0.2, 0) is 6.42 Å². The second kappa shape index (κ2) is 5.74. The van der Waals surface area contributed by atoms with Gasteiger partial charge in [0.15, 0.2) is 0 Å². The fourth-order valence-electron chi connectivity index (χ4n) is 1.60. The molecule has 0 atom stereocenters. The molecule has 0 saturated heterocycles. The molecule has 0 aliphatic heterocycles. The molecule has 6 nitrogen and oxygen atoms in total. The van der Waals surface area contributed by atoms with Crippen LogP contribution in [-0.4, -0.2) is 26.6 Å². The molecule has 1 amide bonds. The van der Waals surface area contributed by atoms with E-state index < -0.39 is 17.7 Å². The molecule has 2 N–H and O–H groups in total. The molecule has 2 aromatic rings. The normalized spacial score (nSPS) is 10.3. The Hall–Kier alpha value is -2.35. The molecular weight excluding hydrogens is 285 g/mol. The van der Waals surface area contributed by atoms with E-state index in [1.807, 2.05) is 6.92 Å². The number of hydrogen-bond donors (Lipinski definition) is 2. The number of rotatable bonds is 4. The molecule has 0 aliphatic rings. The number of halogens is 1. The highest BCUT2D eigenvalue weighted by molar-refractivity contribution is 7.08. The first-order chi connectivity index (χ1) is 9.52. The van der Waals surface area contributed by atoms with Crippen LogP contribution in [0.2, 0.25) is 0 Å². The zero-order valence-electron chi connectivity index (χ0n) is 10.4. The maximum absolute atomic E-state index is 13.2. The van der Waals surface area contributed by atoms with Gasteiger partial charge in [-0.3, -0.25) is 4.79 Å². The van der Waals surface area contributed by atoms with Gasteiger partial charge in [-0.2, -0.15) is 0 Å². The molecule has 1 aromatic heterocycles. The van der Waals surface area contributed by atoms with E-state index in [1.165, 1.54) is 0 Å². The summed E-state index contributed by atoms with van der Waals surface area (Å²) in [6.45, 7) is 1.82. The van der Waals surface area contributed by atoms with Crippen LogP contribution in [0, 0.1) is 5.82 Å². The average molecular weight is 295 g/mol. The van der Waals surface area contributed by atoms with E-state index in [-0.39, 0.29) is 16.1 Å². The fourth-order valence-corrected chi connectivity index (χ4v) is 2.24. The number of nitrogens with one attached hydrogen (secondary N) is 1. The van der Waals surface area contributed by atoms with Crippen LogP contribution in [0.15, 0.2) is 18.2 Å². The Labute approximate surface area is 117 Å². The van der Waals surface area contributed by atoms with Crippen molar-refractivity contribution < 1.29 is 19.1 Å². The Morgan fingerprint density at radius 2 is 2.20 bits per heavy atom. The Balaban J connectivity index is 2.32. The van der Waals surface area contributed by atoms with E-state index in [1.54, 1.807) is 0 Å². The molecule has 8 heteroatoms. The zero-order valence-corrected chi connectivity index (χ0v) is 11.2. The lowest BCUT2D eigenvalue weighted by Crippen LogP contribution is -2.15. The van der Waals surface area contributed by atoms with E-state index in [9.17, 15) is 14.0 Å². The highest BCUT2D eigenvalue weighted by Crippen LogP contribution is 2.20. The number of carbonyl (C=O) groups excluding carboxylic acids is 1. The minimum Gasteiger partial charge on any atom is -0.478 e. The predicted octanol–water partition coefficient (Wildman–Crippen LogP) is 2.19. The third-order valence-corrected chi connectivity index (χ3v) is 3.32. The molecule has 0 bridgehead atoms. The Morgan fingerprint density at radius 3 is 2.85 bits per heavy atom. The molecule has 0 radical (unpaired) electrons. The van der Waals surface area contributed by atoms with Gasteiger partial charge in [-0.05, 0) is 36.2 Å². The topological polar surface area (TPSA) is 92.2 Å². The van der Waals surface area contributed by atoms with E-state index in [4.69, 9.17) is 5.11 Å². The zero-order chi connectivity index (χ0) is 14.7. The summed E-state index contributed by atoms with van der Waals surface area (Å²) in [5.41, 5.74) is 0.231. The molecule has 1 aromatic carbocycles. The van der Waals surface area contributed by atoms with Crippen LogP contribution in [0.4, 0.5) is 10.1 Å². The van der Waals surface area contributed by atoms with Gasteiger partial charge in [0.1, 0.15) is 10.7 Å². The van der Waals surface area contributed by atoms with Crippen molar-refractivity contribution in [1.82, 2.24) is 9.59 Å². The van der Waals surface area contributed by atoms with Crippen molar-refractivity contribution in [2.75, 3.05) is 5.32 Å². The summed E-state index contributed by atoms with van der Waals surface area (Å²) in [4.78, 5) is 23.4. The third kappa shape index (κ3) is 2.80. The van der Waals surface area contributed by atoms with Crippen molar-refractivity contribution in [3.05, 3.63) is 40.2 Å². The second-order valence-electron chi connectivity index (χ2n) is 3.85. The molecule has 104 valence electrons. The second-order valence-corrected chi connectivity index (χ2v) is 4.61. The first kappa shape index (κ1) is 14.1. The summed E-state index contributed by atoms with van der Waals surface area (Å²) in [6, 6.07) is 3.07. The van der Waals surface area contributed by atoms with Crippen LogP contribution in [0.3, 0.4) is 0 Å². The van der Waals surface area contributed by atoms with Gasteiger partial charge < -0.3 is 10.4 Å². The molecule has 20 heavy (non-hydrogen) atoms. The summed E-state index contributed by atoms with van der Waals surface area (Å²) in [7, 11) is 0. The molecule has 1 heterocycles. The SMILES string of the molecule is CCc1nnsc1C(=O)Nc1cc(F)ccc1C(=O)O. The van der Waals surface area contributed by atoms with Crippen LogP contribution in [0.5, 0.6) is 0 Å². The largest absolute Gasteiger partial charge is 0.478 e. The monoisotopic (exact) mass is 295 g/mol. The molecule has 0 fully saturated rings. The Morgan fingerprint density at radius 1 is 1.45 bits per heavy atom. The predicted molar refractivity (Wildman–Crippen MR) is 70.6 cm³/mol. The van der Waals surface area contributed by atoms with E-state index >= 15 is 0 Å². The van der Waals surface area contributed by atoms with Crippen molar-refractivity contribution in [3.63, 3.8) is 0 Å². The van der Waals surface area contributed by atoms with E-state index in [2.05, 4.69) is 14.9 Å². The summed E-state index contributed by atoms with van der Waals surface area (Å²) in [5, 5.41) is 15.2. The van der Waals surface area contributed by atoms with Crippen molar-refractivity contribution in [3.8, 4) is 0 Å². The van der Waals surface area contributed by atoms with Crippen molar-refractivity contribution >= 4 is 29.1 Å². The first-order valence-electron chi connectivity index (χ1n) is 5.68. The smallest absolute Gasteiger partial charge is 0.337 e. The van der Waals surface area contributed by atoms with Crippen LogP contribution >= 0.6 is 11.5 Å². The number of anilines is 1. The number of aromatic carboxylic acids is 1. The molecule has 2 rings (SSSR count). The maximum Gasteiger partial charge on any atom is 0.337 e. The maximum atomic E-state index is 13.2. The van der Waals surface area contributed by atoms with Gasteiger partial charge >= 0.3 is 5.97 Å². The van der Waals surface area contributed by atoms with Gasteiger partial charge in [0, 0.05) is 0 Å². The lowest BCUT2D eigenvalue weighted by Gasteiger charge is -2.07. The van der Waals surface area contributed by atoms with Crippen LogP contribution < -0.4 is 5.32 Å². The highest BCUT2D eigenvalue weighted by atomic mass is 32.1. The molecule has 0 spiro atoms. The van der Waals surface area contributed by atoms with Gasteiger partial charge in [0.05, 0.1) is 16.9 Å². The lowest BCUT2D eigenvalue weighted by molar-refractivity contribution is 0.0698. The Kier molecular flexibility index (Phi) is 4.04.